The lowest BCUT2D eigenvalue weighted by atomic mass is 9.98. The van der Waals surface area contributed by atoms with Crippen molar-refractivity contribution in [2.45, 2.75) is 12.8 Å². The molecule has 1 saturated heterocycles. The summed E-state index contributed by atoms with van der Waals surface area (Å²) in [6.07, 6.45) is 1.70. The molecule has 0 spiro atoms. The lowest BCUT2D eigenvalue weighted by Crippen LogP contribution is -2.39. The van der Waals surface area contributed by atoms with Gasteiger partial charge >= 0.3 is 0 Å². The number of thiazole rings is 1. The Kier molecular flexibility index (Phi) is 4.26. The number of aromatic nitrogens is 1. The summed E-state index contributed by atoms with van der Waals surface area (Å²) in [6, 6.07) is 0. The van der Waals surface area contributed by atoms with Gasteiger partial charge in [0.15, 0.2) is 5.13 Å². The molecule has 0 aliphatic carbocycles. The molecule has 1 aliphatic heterocycles. The van der Waals surface area contributed by atoms with Gasteiger partial charge in [-0.25, -0.2) is 4.98 Å². The molecule has 7 heteroatoms. The van der Waals surface area contributed by atoms with Crippen LogP contribution < -0.4 is 10.6 Å². The van der Waals surface area contributed by atoms with Crippen molar-refractivity contribution in [2.24, 2.45) is 5.92 Å². The van der Waals surface area contributed by atoms with Crippen molar-refractivity contribution in [1.82, 2.24) is 9.88 Å². The summed E-state index contributed by atoms with van der Waals surface area (Å²) in [6.45, 7) is 1.56. The van der Waals surface area contributed by atoms with E-state index in [1.165, 1.54) is 11.3 Å². The van der Waals surface area contributed by atoms with Crippen molar-refractivity contribution >= 4 is 28.2 Å². The van der Waals surface area contributed by atoms with E-state index in [2.05, 4.69) is 4.98 Å². The molecule has 2 rings (SSSR count). The molecule has 1 aliphatic rings. The quantitative estimate of drug-likeness (QED) is 0.851. The summed E-state index contributed by atoms with van der Waals surface area (Å²) in [5.41, 5.74) is 5.83. The zero-order chi connectivity index (χ0) is 14.0. The van der Waals surface area contributed by atoms with E-state index in [1.54, 1.807) is 4.90 Å². The number of hydrogen-bond donors (Lipinski definition) is 2. The number of aliphatic hydroxyl groups is 1. The highest BCUT2D eigenvalue weighted by atomic mass is 32.1. The van der Waals surface area contributed by atoms with Crippen molar-refractivity contribution in [2.75, 3.05) is 44.4 Å². The fraction of sp³-hybridized carbons (Fsp3) is 0.667. The summed E-state index contributed by atoms with van der Waals surface area (Å²) < 4.78 is 0. The molecule has 0 radical (unpaired) electrons. The molecule has 3 N–H and O–H groups in total. The van der Waals surface area contributed by atoms with Gasteiger partial charge in [0, 0.05) is 33.8 Å². The number of rotatable bonds is 3. The summed E-state index contributed by atoms with van der Waals surface area (Å²) in [7, 11) is 3.75. The van der Waals surface area contributed by atoms with Crippen LogP contribution in [-0.4, -0.2) is 54.7 Å². The molecule has 0 saturated carbocycles. The molecular formula is C12H20N4O2S. The highest BCUT2D eigenvalue weighted by molar-refractivity contribution is 7.18. The maximum Gasteiger partial charge on any atom is 0.267 e. The molecule has 19 heavy (non-hydrogen) atoms. The number of nitrogens with two attached hydrogens (primary N) is 1. The van der Waals surface area contributed by atoms with Crippen LogP contribution in [0.25, 0.3) is 0 Å². The van der Waals surface area contributed by atoms with Crippen molar-refractivity contribution in [1.29, 1.82) is 0 Å². The van der Waals surface area contributed by atoms with E-state index in [4.69, 9.17) is 10.8 Å². The van der Waals surface area contributed by atoms with Gasteiger partial charge in [0.1, 0.15) is 10.7 Å². The predicted octanol–water partition coefficient (Wildman–Crippen LogP) is 0.636. The fourth-order valence-corrected chi connectivity index (χ4v) is 3.00. The second-order valence-corrected chi connectivity index (χ2v) is 6.00. The third-order valence-electron chi connectivity index (χ3n) is 3.38. The van der Waals surface area contributed by atoms with Gasteiger partial charge in [0.25, 0.3) is 5.91 Å². The van der Waals surface area contributed by atoms with Gasteiger partial charge in [-0.3, -0.25) is 4.79 Å². The third kappa shape index (κ3) is 2.98. The number of nitrogen functional groups attached to an aromatic ring is 1. The third-order valence-corrected chi connectivity index (χ3v) is 4.61. The lowest BCUT2D eigenvalue weighted by molar-refractivity contribution is 0.0656. The second kappa shape index (κ2) is 5.75. The Bertz CT molecular complexity index is 453. The Labute approximate surface area is 116 Å². The van der Waals surface area contributed by atoms with E-state index in [-0.39, 0.29) is 12.5 Å². The minimum Gasteiger partial charge on any atom is -0.396 e. The molecule has 6 nitrogen and oxygen atoms in total. The van der Waals surface area contributed by atoms with Crippen LogP contribution in [0, 0.1) is 5.92 Å². The van der Waals surface area contributed by atoms with Crippen LogP contribution >= 0.6 is 11.3 Å². The summed E-state index contributed by atoms with van der Waals surface area (Å²) >= 11 is 1.33. The fourth-order valence-electron chi connectivity index (χ4n) is 2.13. The van der Waals surface area contributed by atoms with E-state index < -0.39 is 0 Å². The van der Waals surface area contributed by atoms with Crippen LogP contribution in [0.3, 0.4) is 0 Å². The molecule has 1 aromatic heterocycles. The molecule has 1 aromatic rings. The molecule has 106 valence electrons. The Balaban J connectivity index is 2.08. The van der Waals surface area contributed by atoms with E-state index in [0.717, 1.165) is 18.0 Å². The topological polar surface area (TPSA) is 82.7 Å². The minimum atomic E-state index is -0.0421. The van der Waals surface area contributed by atoms with Gasteiger partial charge in [-0.05, 0) is 18.8 Å². The first kappa shape index (κ1) is 14.1. The first-order chi connectivity index (χ1) is 9.02. The summed E-state index contributed by atoms with van der Waals surface area (Å²) in [5, 5.41) is 9.85. The Hall–Kier alpha value is -1.34. The van der Waals surface area contributed by atoms with E-state index >= 15 is 0 Å². The predicted molar refractivity (Wildman–Crippen MR) is 76.6 cm³/mol. The Morgan fingerprint density at radius 2 is 2.16 bits per heavy atom. The van der Waals surface area contributed by atoms with Crippen LogP contribution in [0.2, 0.25) is 0 Å². The van der Waals surface area contributed by atoms with Crippen molar-refractivity contribution in [3.05, 3.63) is 4.88 Å². The zero-order valence-electron chi connectivity index (χ0n) is 11.3. The molecule has 0 unspecified atom stereocenters. The van der Waals surface area contributed by atoms with Crippen molar-refractivity contribution < 1.29 is 9.90 Å². The molecule has 0 atom stereocenters. The Morgan fingerprint density at radius 1 is 1.53 bits per heavy atom. The number of carbonyl (C=O) groups excluding carboxylic acids is 1. The maximum absolute atomic E-state index is 12.4. The van der Waals surface area contributed by atoms with Crippen LogP contribution in [0.4, 0.5) is 10.9 Å². The first-order valence-corrected chi connectivity index (χ1v) is 7.18. The molecular weight excluding hydrogens is 264 g/mol. The summed E-state index contributed by atoms with van der Waals surface area (Å²) in [4.78, 5) is 20.7. The Morgan fingerprint density at radius 3 is 2.63 bits per heavy atom. The number of carbonyl (C=O) groups is 1. The molecule has 0 bridgehead atoms. The zero-order valence-corrected chi connectivity index (χ0v) is 12.1. The van der Waals surface area contributed by atoms with Gasteiger partial charge in [0.05, 0.1) is 0 Å². The largest absolute Gasteiger partial charge is 0.396 e. The molecule has 0 aromatic carbocycles. The average Bonchev–Trinajstić information content (AvgIpc) is 2.80. The number of hydrogen-bond acceptors (Lipinski definition) is 6. The van der Waals surface area contributed by atoms with Crippen molar-refractivity contribution in [3.8, 4) is 0 Å². The monoisotopic (exact) mass is 284 g/mol. The van der Waals surface area contributed by atoms with Gasteiger partial charge in [-0.15, -0.1) is 0 Å². The van der Waals surface area contributed by atoms with Gasteiger partial charge in [-0.1, -0.05) is 11.3 Å². The number of anilines is 2. The van der Waals surface area contributed by atoms with Crippen LogP contribution in [-0.2, 0) is 0 Å². The van der Waals surface area contributed by atoms with Crippen LogP contribution in [0.1, 0.15) is 22.5 Å². The van der Waals surface area contributed by atoms with E-state index in [1.807, 2.05) is 19.0 Å². The van der Waals surface area contributed by atoms with E-state index in [0.29, 0.717) is 29.7 Å². The maximum atomic E-state index is 12.4. The van der Waals surface area contributed by atoms with Crippen LogP contribution in [0.15, 0.2) is 0 Å². The van der Waals surface area contributed by atoms with Crippen LogP contribution in [0.5, 0.6) is 0 Å². The number of amides is 1. The first-order valence-electron chi connectivity index (χ1n) is 6.36. The number of aliphatic hydroxyl groups excluding tert-OH is 1. The number of piperidine rings is 1. The lowest BCUT2D eigenvalue weighted by Gasteiger charge is -2.30. The summed E-state index contributed by atoms with van der Waals surface area (Å²) in [5.74, 6) is 0.586. The molecule has 2 heterocycles. The SMILES string of the molecule is CN(C)c1nc(N)c(C(=O)N2CCC(CO)CC2)s1. The van der Waals surface area contributed by atoms with Gasteiger partial charge in [0.2, 0.25) is 0 Å². The number of likely N-dealkylation sites (tertiary alicyclic amines) is 1. The minimum absolute atomic E-state index is 0.0421. The standard InChI is InChI=1S/C12H20N4O2S/c1-15(2)12-14-10(13)9(19-12)11(18)16-5-3-8(7-17)4-6-16/h8,17H,3-7,13H2,1-2H3. The molecule has 1 fully saturated rings. The highest BCUT2D eigenvalue weighted by Crippen LogP contribution is 2.29. The highest BCUT2D eigenvalue weighted by Gasteiger charge is 2.26. The normalized spacial score (nSPS) is 16.7. The van der Waals surface area contributed by atoms with E-state index in [9.17, 15) is 4.79 Å². The molecule has 1 amide bonds. The van der Waals surface area contributed by atoms with Gasteiger partial charge < -0.3 is 20.6 Å². The van der Waals surface area contributed by atoms with Gasteiger partial charge in [-0.2, -0.15) is 0 Å². The average molecular weight is 284 g/mol. The number of nitrogens with zero attached hydrogens (tertiary/aromatic N) is 3. The van der Waals surface area contributed by atoms with Crippen molar-refractivity contribution in [3.63, 3.8) is 0 Å². The smallest absolute Gasteiger partial charge is 0.267 e. The second-order valence-electron chi connectivity index (χ2n) is 5.02.